The molecule has 0 spiro atoms. The van der Waals surface area contributed by atoms with E-state index in [1.54, 1.807) is 37.3 Å². The van der Waals surface area contributed by atoms with Gasteiger partial charge in [-0.2, -0.15) is 13.2 Å². The molecule has 11 heteroatoms. The van der Waals surface area contributed by atoms with Crippen molar-refractivity contribution in [2.24, 2.45) is 0 Å². The van der Waals surface area contributed by atoms with E-state index in [2.05, 4.69) is 20.8 Å². The maximum atomic E-state index is 13.2. The topological polar surface area (TPSA) is 20.2 Å². The third-order valence-electron chi connectivity index (χ3n) is 9.49. The number of aryl methyl sites for hydroxylation is 3. The lowest BCUT2D eigenvalue weighted by atomic mass is 9.96. The van der Waals surface area contributed by atoms with Crippen LogP contribution in [0.1, 0.15) is 154 Å². The molecule has 0 amide bonds. The minimum Gasteiger partial charge on any atom is -0.392 e. The Morgan fingerprint density at radius 3 is 1.23 bits per heavy atom. The molecule has 0 aromatic heterocycles. The SMILES string of the molecule is CC(C)c1c(F)cccc1CO.CC(C)c1c(F)cccc1Cl.Cc1cc(C(F)(F)F)cc(Cl)c1C(C)C.Cc1ccc(Cl)c(Cl)c1C(C)C.Cc1cccc(F)c1C(C)C. The van der Waals surface area contributed by atoms with Crippen LogP contribution in [0.15, 0.2) is 78.9 Å². The second-order valence-electron chi connectivity index (χ2n) is 16.1. The van der Waals surface area contributed by atoms with Gasteiger partial charge in [-0.3, -0.25) is 0 Å². The van der Waals surface area contributed by atoms with Crippen LogP contribution >= 0.6 is 46.4 Å². The number of alkyl halides is 3. The zero-order valence-electron chi connectivity index (χ0n) is 37.3. The minimum absolute atomic E-state index is 0.0833. The average molecular weight is 933 g/mol. The first-order chi connectivity index (χ1) is 28.2. The molecule has 1 nitrogen and oxygen atoms in total. The maximum Gasteiger partial charge on any atom is 0.416 e. The first kappa shape index (κ1) is 55.8. The molecule has 0 aliphatic carbocycles. The van der Waals surface area contributed by atoms with Crippen LogP contribution in [-0.2, 0) is 12.8 Å². The molecule has 5 aromatic carbocycles. The molecule has 0 fully saturated rings. The standard InChI is InChI=1S/C11H12ClF3.C10H12Cl2.C10H13FO.C10H13F.C9H10ClF/c1-6(2)10-7(3)4-8(5-9(10)12)11(13,14)15;1-6(2)9-7(3)4-5-8(11)10(9)12;1-7(2)10-8(6-12)4-3-5-9(10)11;1-7(2)10-8(3)5-4-6-9(10)11;1-6(2)9-7(10)4-3-5-8(9)11/h4-6H,1-3H3;4-6H,1-3H3;3-5,7,12H,6H2,1-2H3;4-7H,1-3H3;3-6H,1-2H3. The van der Waals surface area contributed by atoms with E-state index < -0.39 is 11.7 Å². The van der Waals surface area contributed by atoms with Gasteiger partial charge in [-0.25, -0.2) is 13.2 Å². The van der Waals surface area contributed by atoms with Crippen LogP contribution < -0.4 is 0 Å². The number of aliphatic hydroxyl groups is 1. The summed E-state index contributed by atoms with van der Waals surface area (Å²) in [4.78, 5) is 0. The van der Waals surface area contributed by atoms with Crippen LogP contribution in [0.4, 0.5) is 26.3 Å². The fourth-order valence-corrected chi connectivity index (χ4v) is 8.29. The average Bonchev–Trinajstić information content (AvgIpc) is 3.13. The molecule has 0 radical (unpaired) electrons. The van der Waals surface area contributed by atoms with Gasteiger partial charge in [0.05, 0.1) is 22.2 Å². The minimum atomic E-state index is -4.33. The Labute approximate surface area is 380 Å². The Balaban J connectivity index is 0.000000383. The number of hydrogen-bond acceptors (Lipinski definition) is 1. The van der Waals surface area contributed by atoms with Crippen molar-refractivity contribution < 1.29 is 31.4 Å². The number of benzene rings is 5. The second-order valence-corrected chi connectivity index (χ2v) is 17.7. The van der Waals surface area contributed by atoms with Crippen LogP contribution in [0.25, 0.3) is 0 Å². The largest absolute Gasteiger partial charge is 0.416 e. The van der Waals surface area contributed by atoms with Gasteiger partial charge in [0.15, 0.2) is 0 Å². The molecule has 0 atom stereocenters. The normalized spacial score (nSPS) is 11.1. The first-order valence-electron chi connectivity index (χ1n) is 20.1. The molecular formula is C50H60Cl4F6O. The maximum absolute atomic E-state index is 13.2. The lowest BCUT2D eigenvalue weighted by Gasteiger charge is -2.15. The smallest absolute Gasteiger partial charge is 0.392 e. The van der Waals surface area contributed by atoms with E-state index >= 15 is 0 Å². The van der Waals surface area contributed by atoms with Crippen LogP contribution in [0.3, 0.4) is 0 Å². The molecule has 0 bridgehead atoms. The molecule has 1 N–H and O–H groups in total. The lowest BCUT2D eigenvalue weighted by molar-refractivity contribution is -0.137. The fourth-order valence-electron chi connectivity index (χ4n) is 6.83. The van der Waals surface area contributed by atoms with E-state index in [1.807, 2.05) is 80.5 Å². The first-order valence-corrected chi connectivity index (χ1v) is 21.6. The lowest BCUT2D eigenvalue weighted by Crippen LogP contribution is -2.07. The third-order valence-corrected chi connectivity index (χ3v) is 10.9. The number of halogens is 10. The number of hydrogen-bond donors (Lipinski definition) is 1. The van der Waals surface area contributed by atoms with Crippen molar-refractivity contribution in [2.75, 3.05) is 0 Å². The molecule has 0 aliphatic rings. The molecule has 0 saturated heterocycles. The Hall–Kier alpha value is -3.20. The highest BCUT2D eigenvalue weighted by Crippen LogP contribution is 2.37. The Kier molecular flexibility index (Phi) is 23.6. The Morgan fingerprint density at radius 1 is 0.459 bits per heavy atom. The molecule has 0 saturated carbocycles. The highest BCUT2D eigenvalue weighted by Gasteiger charge is 2.31. The monoisotopic (exact) mass is 930 g/mol. The summed E-state index contributed by atoms with van der Waals surface area (Å²) < 4.78 is 76.6. The summed E-state index contributed by atoms with van der Waals surface area (Å²) >= 11 is 23.6. The van der Waals surface area contributed by atoms with Crippen molar-refractivity contribution in [3.05, 3.63) is 172 Å². The van der Waals surface area contributed by atoms with E-state index in [9.17, 15) is 26.3 Å². The van der Waals surface area contributed by atoms with Crippen molar-refractivity contribution in [1.29, 1.82) is 0 Å². The predicted molar refractivity (Wildman–Crippen MR) is 248 cm³/mol. The van der Waals surface area contributed by atoms with E-state index in [0.717, 1.165) is 34.4 Å². The highest BCUT2D eigenvalue weighted by molar-refractivity contribution is 6.42. The Bertz CT molecular complexity index is 2020. The number of aliphatic hydroxyl groups excluding tert-OH is 1. The molecule has 336 valence electrons. The van der Waals surface area contributed by atoms with Gasteiger partial charge >= 0.3 is 6.18 Å². The summed E-state index contributed by atoms with van der Waals surface area (Å²) in [5.41, 5.74) is 6.85. The van der Waals surface area contributed by atoms with Crippen molar-refractivity contribution in [3.8, 4) is 0 Å². The second kappa shape index (κ2) is 25.8. The van der Waals surface area contributed by atoms with E-state index in [-0.39, 0.29) is 52.8 Å². The van der Waals surface area contributed by atoms with Gasteiger partial charge in [0.1, 0.15) is 17.5 Å². The van der Waals surface area contributed by atoms with Crippen LogP contribution in [-0.4, -0.2) is 5.11 Å². The summed E-state index contributed by atoms with van der Waals surface area (Å²) in [6, 6.07) is 20.7. The van der Waals surface area contributed by atoms with Crippen molar-refractivity contribution in [1.82, 2.24) is 0 Å². The van der Waals surface area contributed by atoms with Gasteiger partial charge < -0.3 is 5.11 Å². The van der Waals surface area contributed by atoms with Crippen molar-refractivity contribution >= 4 is 46.4 Å². The molecule has 0 aliphatic heterocycles. The summed E-state index contributed by atoms with van der Waals surface area (Å²) in [6.07, 6.45) is -4.33. The van der Waals surface area contributed by atoms with Gasteiger partial charge in [-0.05, 0) is 137 Å². The summed E-state index contributed by atoms with van der Waals surface area (Å²) in [5, 5.41) is 11.0. The molecule has 61 heavy (non-hydrogen) atoms. The van der Waals surface area contributed by atoms with Gasteiger partial charge in [0, 0.05) is 15.6 Å². The van der Waals surface area contributed by atoms with Crippen LogP contribution in [0, 0.1) is 38.2 Å². The molecular weight excluding hydrogens is 872 g/mol. The summed E-state index contributed by atoms with van der Waals surface area (Å²) in [6.45, 7) is 25.3. The number of rotatable bonds is 6. The molecule has 0 unspecified atom stereocenters. The molecule has 0 heterocycles. The van der Waals surface area contributed by atoms with Gasteiger partial charge in [-0.1, -0.05) is 152 Å². The predicted octanol–water partition coefficient (Wildman–Crippen LogP) is 18.5. The zero-order valence-corrected chi connectivity index (χ0v) is 40.3. The van der Waals surface area contributed by atoms with Crippen LogP contribution in [0.5, 0.6) is 0 Å². The zero-order chi connectivity index (χ0) is 47.1. The third kappa shape index (κ3) is 17.1. The van der Waals surface area contributed by atoms with Crippen LogP contribution in [0.2, 0.25) is 20.1 Å². The Morgan fingerprint density at radius 2 is 0.885 bits per heavy atom. The van der Waals surface area contributed by atoms with Crippen molar-refractivity contribution in [2.45, 2.75) is 132 Å². The van der Waals surface area contributed by atoms with Gasteiger partial charge in [0.25, 0.3) is 0 Å². The van der Waals surface area contributed by atoms with E-state index in [1.165, 1.54) is 23.8 Å². The molecule has 5 rings (SSSR count). The van der Waals surface area contributed by atoms with E-state index in [0.29, 0.717) is 43.2 Å². The van der Waals surface area contributed by atoms with Crippen molar-refractivity contribution in [3.63, 3.8) is 0 Å². The fraction of sp³-hybridized carbons (Fsp3) is 0.400. The molecule has 5 aromatic rings. The summed E-state index contributed by atoms with van der Waals surface area (Å²) in [5.74, 6) is 0.563. The quantitative estimate of drug-likeness (QED) is 0.168. The summed E-state index contributed by atoms with van der Waals surface area (Å²) in [7, 11) is 0. The van der Waals surface area contributed by atoms with Gasteiger partial charge in [0.2, 0.25) is 0 Å². The van der Waals surface area contributed by atoms with Gasteiger partial charge in [-0.15, -0.1) is 0 Å². The highest BCUT2D eigenvalue weighted by atomic mass is 35.5. The van der Waals surface area contributed by atoms with E-state index in [4.69, 9.17) is 51.5 Å².